The summed E-state index contributed by atoms with van der Waals surface area (Å²) in [5.74, 6) is 0.461. The maximum atomic E-state index is 12.8. The third-order valence-electron chi connectivity index (χ3n) is 4.96. The fourth-order valence-electron chi connectivity index (χ4n) is 3.20. The van der Waals surface area contributed by atoms with Crippen molar-refractivity contribution in [1.29, 1.82) is 0 Å². The van der Waals surface area contributed by atoms with Gasteiger partial charge in [-0.2, -0.15) is 13.2 Å². The molecule has 0 radical (unpaired) electrons. The first-order valence-corrected chi connectivity index (χ1v) is 11.9. The van der Waals surface area contributed by atoms with E-state index in [9.17, 15) is 18.0 Å². The fraction of sp³-hybridized carbons (Fsp3) is 0.222. The second-order valence-electron chi connectivity index (χ2n) is 7.62. The maximum absolute atomic E-state index is 12.8. The third kappa shape index (κ3) is 8.40. The minimum Gasteiger partial charge on any atom is -0.489 e. The first-order chi connectivity index (χ1) is 16.7. The fourth-order valence-corrected chi connectivity index (χ4v) is 4.11. The first kappa shape index (κ1) is 26.2. The largest absolute Gasteiger partial charge is 0.489 e. The molecule has 8 heteroatoms. The molecule has 0 heterocycles. The van der Waals surface area contributed by atoms with Crippen LogP contribution in [0.3, 0.4) is 0 Å². The molecule has 3 aromatic rings. The van der Waals surface area contributed by atoms with Gasteiger partial charge in [-0.1, -0.05) is 43.3 Å². The first-order valence-electron chi connectivity index (χ1n) is 10.9. The summed E-state index contributed by atoms with van der Waals surface area (Å²) >= 11 is 1.58. The molecule has 184 valence electrons. The highest BCUT2D eigenvalue weighted by atomic mass is 32.2. The van der Waals surface area contributed by atoms with Crippen LogP contribution in [0.25, 0.3) is 6.08 Å². The van der Waals surface area contributed by atoms with Crippen LogP contribution in [-0.4, -0.2) is 30.0 Å². The highest BCUT2D eigenvalue weighted by molar-refractivity contribution is 7.99. The molecule has 0 amide bonds. The number of rotatable bonds is 11. The maximum Gasteiger partial charge on any atom is 0.416 e. The van der Waals surface area contributed by atoms with Gasteiger partial charge in [0.05, 0.1) is 5.56 Å². The molecule has 0 spiro atoms. The van der Waals surface area contributed by atoms with Gasteiger partial charge in [0.25, 0.3) is 0 Å². The summed E-state index contributed by atoms with van der Waals surface area (Å²) < 4.78 is 49.6. The monoisotopic (exact) mass is 502 g/mol. The Morgan fingerprint density at radius 1 is 0.971 bits per heavy atom. The van der Waals surface area contributed by atoms with E-state index in [0.29, 0.717) is 23.7 Å². The van der Waals surface area contributed by atoms with Gasteiger partial charge in [-0.25, -0.2) is 4.79 Å². The zero-order chi connectivity index (χ0) is 25.3. The number of alkyl halides is 3. The Hall–Kier alpha value is -3.39. The number of hydrogen-bond donors (Lipinski definition) is 1. The lowest BCUT2D eigenvalue weighted by Crippen LogP contribution is -2.10. The van der Waals surface area contributed by atoms with Gasteiger partial charge in [0.2, 0.25) is 0 Å². The number of hydrogen-bond acceptors (Lipinski definition) is 4. The molecular weight excluding hydrogens is 477 g/mol. The second-order valence-corrected chi connectivity index (χ2v) is 8.67. The van der Waals surface area contributed by atoms with Crippen LogP contribution in [0.2, 0.25) is 0 Å². The van der Waals surface area contributed by atoms with Crippen molar-refractivity contribution in [2.24, 2.45) is 0 Å². The quantitative estimate of drug-likeness (QED) is 0.287. The van der Waals surface area contributed by atoms with Crippen molar-refractivity contribution >= 4 is 23.8 Å². The van der Waals surface area contributed by atoms with Crippen LogP contribution in [0.15, 0.2) is 83.3 Å². The molecule has 0 saturated heterocycles. The molecule has 0 atom stereocenters. The van der Waals surface area contributed by atoms with Gasteiger partial charge in [0, 0.05) is 10.6 Å². The molecule has 0 aromatic heterocycles. The van der Waals surface area contributed by atoms with Gasteiger partial charge in [0.15, 0.2) is 6.61 Å². The number of carboxylic acids is 1. The second kappa shape index (κ2) is 12.4. The van der Waals surface area contributed by atoms with Crippen LogP contribution in [0.4, 0.5) is 13.2 Å². The van der Waals surface area contributed by atoms with Gasteiger partial charge >= 0.3 is 12.1 Å². The van der Waals surface area contributed by atoms with Crippen molar-refractivity contribution in [3.8, 4) is 11.5 Å². The minimum atomic E-state index is -4.39. The van der Waals surface area contributed by atoms with Gasteiger partial charge in [-0.3, -0.25) is 0 Å². The highest BCUT2D eigenvalue weighted by Gasteiger charge is 2.30. The molecular formula is C27H25F3O4S. The zero-order valence-corrected chi connectivity index (χ0v) is 19.9. The Labute approximate surface area is 206 Å². The molecule has 4 nitrogen and oxygen atoms in total. The lowest BCUT2D eigenvalue weighted by Gasteiger charge is -2.13. The summed E-state index contributed by atoms with van der Waals surface area (Å²) in [6.45, 7) is 1.79. The number of halogens is 3. The van der Waals surface area contributed by atoms with E-state index in [0.717, 1.165) is 33.7 Å². The third-order valence-corrected chi connectivity index (χ3v) is 6.07. The molecule has 0 aliphatic heterocycles. The Kier molecular flexibility index (Phi) is 9.25. The average molecular weight is 503 g/mol. The van der Waals surface area contributed by atoms with E-state index in [1.54, 1.807) is 17.8 Å². The van der Waals surface area contributed by atoms with Crippen LogP contribution in [0, 0.1) is 0 Å². The van der Waals surface area contributed by atoms with Crippen LogP contribution >= 0.6 is 11.8 Å². The standard InChI is InChI=1S/C27H25F3O4S/c1-2-21-15-24(12-13-25(21)34-17-26(31)32)35-18-20(14-19-6-4-3-5-7-19)16-33-23-10-8-22(9-11-23)27(28,29)30/h3-15H,2,16-18H2,1H3,(H,31,32)/b20-14-. The average Bonchev–Trinajstić information content (AvgIpc) is 2.84. The van der Waals surface area contributed by atoms with Crippen molar-refractivity contribution < 1.29 is 32.5 Å². The lowest BCUT2D eigenvalue weighted by atomic mass is 10.1. The van der Waals surface area contributed by atoms with Crippen molar-refractivity contribution in [2.45, 2.75) is 24.4 Å². The Morgan fingerprint density at radius 2 is 1.69 bits per heavy atom. The summed E-state index contributed by atoms with van der Waals surface area (Å²) in [6, 6.07) is 20.0. The summed E-state index contributed by atoms with van der Waals surface area (Å²) in [4.78, 5) is 11.8. The van der Waals surface area contributed by atoms with Crippen LogP contribution in [0.5, 0.6) is 11.5 Å². The van der Waals surface area contributed by atoms with Gasteiger partial charge < -0.3 is 14.6 Å². The van der Waals surface area contributed by atoms with Crippen LogP contribution in [-0.2, 0) is 17.4 Å². The minimum absolute atomic E-state index is 0.216. The lowest BCUT2D eigenvalue weighted by molar-refractivity contribution is -0.139. The van der Waals surface area contributed by atoms with Crippen molar-refractivity contribution in [1.82, 2.24) is 0 Å². The van der Waals surface area contributed by atoms with E-state index >= 15 is 0 Å². The topological polar surface area (TPSA) is 55.8 Å². The van der Waals surface area contributed by atoms with E-state index in [1.165, 1.54) is 12.1 Å². The summed E-state index contributed by atoms with van der Waals surface area (Å²) in [6.07, 6.45) is -1.70. The predicted molar refractivity (Wildman–Crippen MR) is 131 cm³/mol. The molecule has 0 fully saturated rings. The highest BCUT2D eigenvalue weighted by Crippen LogP contribution is 2.31. The number of aliphatic carboxylic acids is 1. The molecule has 0 aliphatic carbocycles. The Bertz CT molecular complexity index is 1140. The molecule has 3 aromatic carbocycles. The van der Waals surface area contributed by atoms with E-state index < -0.39 is 24.3 Å². The smallest absolute Gasteiger partial charge is 0.416 e. The van der Waals surface area contributed by atoms with E-state index in [1.807, 2.05) is 55.5 Å². The van der Waals surface area contributed by atoms with E-state index in [4.69, 9.17) is 14.6 Å². The summed E-state index contributed by atoms with van der Waals surface area (Å²) in [7, 11) is 0. The van der Waals surface area contributed by atoms with E-state index in [2.05, 4.69) is 0 Å². The van der Waals surface area contributed by atoms with Crippen molar-refractivity contribution in [2.75, 3.05) is 19.0 Å². The molecule has 0 unspecified atom stereocenters. The normalized spacial score (nSPS) is 11.8. The van der Waals surface area contributed by atoms with Crippen LogP contribution in [0.1, 0.15) is 23.6 Å². The molecule has 3 rings (SSSR count). The number of thioether (sulfide) groups is 1. The number of carboxylic acid groups (broad SMARTS) is 1. The van der Waals surface area contributed by atoms with Gasteiger partial charge in [0.1, 0.15) is 18.1 Å². The predicted octanol–water partition coefficient (Wildman–Crippen LogP) is 6.99. The number of aryl methyl sites for hydroxylation is 1. The van der Waals surface area contributed by atoms with Crippen molar-refractivity contribution in [3.05, 3.63) is 95.1 Å². The van der Waals surface area contributed by atoms with Gasteiger partial charge in [-0.15, -0.1) is 11.8 Å². The molecule has 0 aliphatic rings. The number of carbonyl (C=O) groups is 1. The van der Waals surface area contributed by atoms with Crippen LogP contribution < -0.4 is 9.47 Å². The Morgan fingerprint density at radius 3 is 2.31 bits per heavy atom. The Balaban J connectivity index is 1.71. The number of ether oxygens (including phenoxy) is 2. The molecule has 1 N–H and O–H groups in total. The van der Waals surface area contributed by atoms with Crippen molar-refractivity contribution in [3.63, 3.8) is 0 Å². The van der Waals surface area contributed by atoms with Gasteiger partial charge in [-0.05, 0) is 65.6 Å². The molecule has 35 heavy (non-hydrogen) atoms. The zero-order valence-electron chi connectivity index (χ0n) is 19.0. The number of benzene rings is 3. The van der Waals surface area contributed by atoms with E-state index in [-0.39, 0.29) is 6.61 Å². The molecule has 0 saturated carbocycles. The SMILES string of the molecule is CCc1cc(SC/C(=C\c2ccccc2)COc2ccc(C(F)(F)F)cc2)ccc1OCC(=O)O. The molecule has 0 bridgehead atoms. The summed E-state index contributed by atoms with van der Waals surface area (Å²) in [5, 5.41) is 8.84. The summed E-state index contributed by atoms with van der Waals surface area (Å²) in [5.41, 5.74) is 2.13.